The van der Waals surface area contributed by atoms with Crippen molar-refractivity contribution in [2.75, 3.05) is 11.1 Å². The van der Waals surface area contributed by atoms with E-state index < -0.39 is 24.2 Å². The number of nitrogens with one attached hydrogen (secondary N) is 1. The molecule has 0 atom stereocenters. The molecule has 0 radical (unpaired) electrons. The van der Waals surface area contributed by atoms with Gasteiger partial charge in [0.15, 0.2) is 0 Å². The standard InChI is InChI=1S/C10H8F6N2O/c11-9(12,13)7(10(14,15)16)8(19)18-6-3-1-5(17)2-4-6/h1-4,7H,17H2,(H,18,19). The average Bonchev–Trinajstić information content (AvgIpc) is 2.16. The van der Waals surface area contributed by atoms with Gasteiger partial charge in [-0.1, -0.05) is 0 Å². The van der Waals surface area contributed by atoms with Gasteiger partial charge >= 0.3 is 12.4 Å². The molecule has 0 saturated heterocycles. The summed E-state index contributed by atoms with van der Waals surface area (Å²) in [6.07, 6.45) is -11.4. The minimum absolute atomic E-state index is 0.210. The van der Waals surface area contributed by atoms with Gasteiger partial charge < -0.3 is 11.1 Å². The van der Waals surface area contributed by atoms with Crippen LogP contribution in [0.25, 0.3) is 0 Å². The van der Waals surface area contributed by atoms with E-state index in [0.717, 1.165) is 12.1 Å². The van der Waals surface area contributed by atoms with Gasteiger partial charge in [0.25, 0.3) is 0 Å². The second-order valence-corrected chi connectivity index (χ2v) is 3.63. The molecule has 0 unspecified atom stereocenters. The maximum absolute atomic E-state index is 12.2. The van der Waals surface area contributed by atoms with Crippen LogP contribution in [0.15, 0.2) is 24.3 Å². The molecule has 0 heterocycles. The summed E-state index contributed by atoms with van der Waals surface area (Å²) in [5.41, 5.74) is 5.32. The number of carbonyl (C=O) groups is 1. The van der Waals surface area contributed by atoms with E-state index in [4.69, 9.17) is 5.73 Å². The van der Waals surface area contributed by atoms with Gasteiger partial charge in [-0.25, -0.2) is 0 Å². The SMILES string of the molecule is Nc1ccc(NC(=O)C(C(F)(F)F)C(F)(F)F)cc1. The Hall–Kier alpha value is -1.93. The van der Waals surface area contributed by atoms with E-state index >= 15 is 0 Å². The van der Waals surface area contributed by atoms with Crippen molar-refractivity contribution >= 4 is 17.3 Å². The van der Waals surface area contributed by atoms with Crippen LogP contribution >= 0.6 is 0 Å². The number of nitrogens with two attached hydrogens (primary N) is 1. The molecule has 0 bridgehead atoms. The van der Waals surface area contributed by atoms with Gasteiger partial charge in [-0.3, -0.25) is 4.79 Å². The molecule has 0 aromatic heterocycles. The molecule has 0 fully saturated rings. The number of hydrogen-bond donors (Lipinski definition) is 2. The van der Waals surface area contributed by atoms with Crippen molar-refractivity contribution in [3.63, 3.8) is 0 Å². The third-order valence-electron chi connectivity index (χ3n) is 2.10. The molecule has 0 aliphatic heterocycles. The number of alkyl halides is 6. The molecule has 1 aromatic carbocycles. The highest BCUT2D eigenvalue weighted by Crippen LogP contribution is 2.39. The molecule has 1 rings (SSSR count). The zero-order valence-electron chi connectivity index (χ0n) is 9.14. The summed E-state index contributed by atoms with van der Waals surface area (Å²) in [6.45, 7) is 0. The Bertz CT molecular complexity index is 437. The Balaban J connectivity index is 2.93. The summed E-state index contributed by atoms with van der Waals surface area (Å²) in [5.74, 6) is -6.26. The third-order valence-corrected chi connectivity index (χ3v) is 2.10. The van der Waals surface area contributed by atoms with Crippen molar-refractivity contribution in [1.29, 1.82) is 0 Å². The van der Waals surface area contributed by atoms with E-state index in [2.05, 4.69) is 0 Å². The number of rotatable bonds is 2. The molecular weight excluding hydrogens is 278 g/mol. The van der Waals surface area contributed by atoms with Crippen LogP contribution < -0.4 is 11.1 Å². The Morgan fingerprint density at radius 1 is 1.00 bits per heavy atom. The van der Waals surface area contributed by atoms with Crippen LogP contribution in [0.5, 0.6) is 0 Å². The van der Waals surface area contributed by atoms with E-state index in [-0.39, 0.29) is 11.4 Å². The minimum Gasteiger partial charge on any atom is -0.399 e. The van der Waals surface area contributed by atoms with Crippen molar-refractivity contribution in [2.24, 2.45) is 5.92 Å². The van der Waals surface area contributed by atoms with Crippen LogP contribution in [-0.4, -0.2) is 18.3 Å². The maximum atomic E-state index is 12.2. The zero-order chi connectivity index (χ0) is 14.8. The van der Waals surface area contributed by atoms with E-state index in [1.165, 1.54) is 12.1 Å². The van der Waals surface area contributed by atoms with Gasteiger partial charge in [-0.15, -0.1) is 0 Å². The number of benzene rings is 1. The number of amides is 1. The monoisotopic (exact) mass is 286 g/mol. The van der Waals surface area contributed by atoms with Gasteiger partial charge in [0.1, 0.15) is 0 Å². The van der Waals surface area contributed by atoms with Crippen LogP contribution in [0.4, 0.5) is 37.7 Å². The Morgan fingerprint density at radius 2 is 1.42 bits per heavy atom. The smallest absolute Gasteiger partial charge is 0.399 e. The predicted octanol–water partition coefficient (Wildman–Crippen LogP) is 2.95. The topological polar surface area (TPSA) is 55.1 Å². The normalized spacial score (nSPS) is 12.6. The van der Waals surface area contributed by atoms with Crippen LogP contribution in [0, 0.1) is 5.92 Å². The van der Waals surface area contributed by atoms with Crippen LogP contribution in [0.1, 0.15) is 0 Å². The van der Waals surface area contributed by atoms with E-state index in [0.29, 0.717) is 0 Å². The first kappa shape index (κ1) is 15.1. The third kappa shape index (κ3) is 4.04. The summed E-state index contributed by atoms with van der Waals surface area (Å²) in [4.78, 5) is 11.1. The van der Waals surface area contributed by atoms with Crippen molar-refractivity contribution in [3.8, 4) is 0 Å². The number of halogens is 6. The highest BCUT2D eigenvalue weighted by Gasteiger charge is 2.61. The molecule has 9 heteroatoms. The van der Waals surface area contributed by atoms with Gasteiger partial charge in [0, 0.05) is 11.4 Å². The summed E-state index contributed by atoms with van der Waals surface area (Å²) in [6, 6.07) is 4.64. The fourth-order valence-corrected chi connectivity index (χ4v) is 1.26. The number of hydrogen-bond acceptors (Lipinski definition) is 2. The van der Waals surface area contributed by atoms with Crippen molar-refractivity contribution in [1.82, 2.24) is 0 Å². The quantitative estimate of drug-likeness (QED) is 0.648. The predicted molar refractivity (Wildman–Crippen MR) is 55.1 cm³/mol. The molecule has 1 amide bonds. The Kier molecular flexibility index (Phi) is 3.97. The lowest BCUT2D eigenvalue weighted by Crippen LogP contribution is -2.45. The molecule has 0 spiro atoms. The zero-order valence-corrected chi connectivity index (χ0v) is 9.14. The first-order valence-electron chi connectivity index (χ1n) is 4.81. The Labute approximate surface area is 103 Å². The van der Waals surface area contributed by atoms with E-state index in [1.54, 1.807) is 5.32 Å². The molecule has 0 saturated carbocycles. The molecule has 3 nitrogen and oxygen atoms in total. The van der Waals surface area contributed by atoms with Gasteiger partial charge in [0.05, 0.1) is 0 Å². The summed E-state index contributed by atoms with van der Waals surface area (Å²) < 4.78 is 73.4. The lowest BCUT2D eigenvalue weighted by Gasteiger charge is -2.22. The second kappa shape index (κ2) is 4.98. The minimum atomic E-state index is -5.71. The van der Waals surface area contributed by atoms with Crippen molar-refractivity contribution in [2.45, 2.75) is 12.4 Å². The summed E-state index contributed by atoms with van der Waals surface area (Å²) >= 11 is 0. The molecule has 0 aliphatic rings. The Morgan fingerprint density at radius 3 is 1.79 bits per heavy atom. The van der Waals surface area contributed by atoms with E-state index in [1.807, 2.05) is 0 Å². The summed E-state index contributed by atoms with van der Waals surface area (Å²) in [5, 5.41) is 1.55. The summed E-state index contributed by atoms with van der Waals surface area (Å²) in [7, 11) is 0. The van der Waals surface area contributed by atoms with Gasteiger partial charge in [0.2, 0.25) is 11.8 Å². The first-order valence-corrected chi connectivity index (χ1v) is 4.81. The molecule has 3 N–H and O–H groups in total. The lowest BCUT2D eigenvalue weighted by atomic mass is 10.1. The molecular formula is C10H8F6N2O. The second-order valence-electron chi connectivity index (χ2n) is 3.63. The van der Waals surface area contributed by atoms with Crippen LogP contribution in [-0.2, 0) is 4.79 Å². The average molecular weight is 286 g/mol. The number of carbonyl (C=O) groups excluding carboxylic acids is 1. The lowest BCUT2D eigenvalue weighted by molar-refractivity contribution is -0.272. The van der Waals surface area contributed by atoms with Crippen molar-refractivity contribution < 1.29 is 31.1 Å². The maximum Gasteiger partial charge on any atom is 0.409 e. The van der Waals surface area contributed by atoms with E-state index in [9.17, 15) is 31.1 Å². The van der Waals surface area contributed by atoms with Gasteiger partial charge in [-0.05, 0) is 24.3 Å². The highest BCUT2D eigenvalue weighted by atomic mass is 19.4. The van der Waals surface area contributed by atoms with Crippen LogP contribution in [0.3, 0.4) is 0 Å². The number of anilines is 2. The molecule has 0 aliphatic carbocycles. The van der Waals surface area contributed by atoms with Gasteiger partial charge in [-0.2, -0.15) is 26.3 Å². The van der Waals surface area contributed by atoms with Crippen molar-refractivity contribution in [3.05, 3.63) is 24.3 Å². The fraction of sp³-hybridized carbons (Fsp3) is 0.300. The number of nitrogen functional groups attached to an aromatic ring is 1. The molecule has 19 heavy (non-hydrogen) atoms. The van der Waals surface area contributed by atoms with Crippen LogP contribution in [0.2, 0.25) is 0 Å². The first-order chi connectivity index (χ1) is 8.51. The molecule has 1 aromatic rings. The highest BCUT2D eigenvalue weighted by molar-refractivity contribution is 5.93. The largest absolute Gasteiger partial charge is 0.409 e. The molecule has 106 valence electrons. The fourth-order valence-electron chi connectivity index (χ4n) is 1.26.